The van der Waals surface area contributed by atoms with Gasteiger partial charge >= 0.3 is 0 Å². The van der Waals surface area contributed by atoms with Crippen molar-refractivity contribution in [2.45, 2.75) is 67.5 Å². The molecule has 2 aromatic rings. The van der Waals surface area contributed by atoms with Crippen molar-refractivity contribution in [1.82, 2.24) is 10.3 Å². The normalized spacial score (nSPS) is 11.1. The number of nitrogen functional groups attached to an aromatic ring is 1. The second-order valence-electron chi connectivity index (χ2n) is 8.14. The highest BCUT2D eigenvalue weighted by atomic mass is 16.3. The van der Waals surface area contributed by atoms with E-state index < -0.39 is 12.0 Å². The van der Waals surface area contributed by atoms with E-state index in [1.54, 1.807) is 36.5 Å². The number of nitrogens with one attached hydrogen (secondary N) is 2. The molecule has 0 radical (unpaired) electrons. The second kappa shape index (κ2) is 16.4. The molecule has 7 nitrogen and oxygen atoms in total. The molecule has 0 aliphatic carbocycles. The molecule has 1 amide bonds. The molecule has 0 spiro atoms. The number of anilines is 2. The van der Waals surface area contributed by atoms with Gasteiger partial charge in [0.1, 0.15) is 5.82 Å². The highest BCUT2D eigenvalue weighted by molar-refractivity contribution is 5.97. The Hall–Kier alpha value is -3.29. The Morgan fingerprint density at radius 1 is 1.17 bits per heavy atom. The van der Waals surface area contributed by atoms with Crippen LogP contribution in [0.25, 0.3) is 11.1 Å². The number of rotatable bonds is 7. The molecule has 192 valence electrons. The van der Waals surface area contributed by atoms with E-state index >= 15 is 0 Å². The summed E-state index contributed by atoms with van der Waals surface area (Å²) in [6.07, 6.45) is 4.53. The molecule has 0 aliphatic heterocycles. The third-order valence-electron chi connectivity index (χ3n) is 4.93. The third kappa shape index (κ3) is 10.2. The molecule has 0 bridgehead atoms. The van der Waals surface area contributed by atoms with Gasteiger partial charge in [0.05, 0.1) is 5.56 Å². The van der Waals surface area contributed by atoms with Crippen LogP contribution < -0.4 is 16.4 Å². The summed E-state index contributed by atoms with van der Waals surface area (Å²) < 4.78 is 0. The van der Waals surface area contributed by atoms with E-state index in [9.17, 15) is 14.7 Å². The summed E-state index contributed by atoms with van der Waals surface area (Å²) in [5, 5.41) is 16.1. The van der Waals surface area contributed by atoms with Gasteiger partial charge < -0.3 is 21.5 Å². The van der Waals surface area contributed by atoms with Crippen molar-refractivity contribution in [3.63, 3.8) is 0 Å². The van der Waals surface area contributed by atoms with Crippen LogP contribution in [0.4, 0.5) is 11.5 Å². The molecule has 0 saturated carbocycles. The Labute approximate surface area is 210 Å². The molecule has 0 aliphatic rings. The first-order valence-electron chi connectivity index (χ1n) is 11.8. The average molecular weight is 483 g/mol. The number of hydrogen-bond acceptors (Lipinski definition) is 6. The van der Waals surface area contributed by atoms with Crippen LogP contribution in [0.2, 0.25) is 0 Å². The first kappa shape index (κ1) is 31.7. The quantitative estimate of drug-likeness (QED) is 0.314. The fraction of sp³-hybridized carbons (Fsp3) is 0.393. The van der Waals surface area contributed by atoms with E-state index in [1.807, 2.05) is 54.7 Å². The largest absolute Gasteiger partial charge is 0.383 e. The van der Waals surface area contributed by atoms with E-state index in [2.05, 4.69) is 29.5 Å². The Balaban J connectivity index is 0.00000146. The Morgan fingerprint density at radius 2 is 1.77 bits per heavy atom. The van der Waals surface area contributed by atoms with Gasteiger partial charge in [-0.05, 0) is 69.6 Å². The maximum atomic E-state index is 12.4. The molecule has 0 fully saturated rings. The van der Waals surface area contributed by atoms with Gasteiger partial charge in [-0.25, -0.2) is 4.98 Å². The molecular formula is C28H42N4O3. The van der Waals surface area contributed by atoms with Crippen molar-refractivity contribution < 1.29 is 14.7 Å². The van der Waals surface area contributed by atoms with Gasteiger partial charge in [0.25, 0.3) is 5.91 Å². The summed E-state index contributed by atoms with van der Waals surface area (Å²) in [6, 6.07) is 7.68. The molecule has 7 heteroatoms. The SMILES string of the molecule is C/C=C\C(=C(C)C)C(O)C(=O)Nc1ccc(-c2cnc(N)c(C=O)c2)c(C)c1.CC.CNC(C)C. The number of aliphatic hydroxyl groups excluding tert-OH is 1. The molecule has 35 heavy (non-hydrogen) atoms. The van der Waals surface area contributed by atoms with Gasteiger partial charge in [0, 0.05) is 23.5 Å². The number of benzene rings is 1. The molecule has 1 unspecified atom stereocenters. The number of allylic oxidation sites excluding steroid dienone is 2. The Kier molecular flexibility index (Phi) is 14.8. The zero-order valence-corrected chi connectivity index (χ0v) is 22.6. The van der Waals surface area contributed by atoms with Crippen LogP contribution in [0, 0.1) is 6.92 Å². The first-order valence-corrected chi connectivity index (χ1v) is 11.8. The number of aromatic nitrogens is 1. The lowest BCUT2D eigenvalue weighted by Crippen LogP contribution is -2.29. The molecular weight excluding hydrogens is 440 g/mol. The van der Waals surface area contributed by atoms with Crippen molar-refractivity contribution in [2.75, 3.05) is 18.1 Å². The van der Waals surface area contributed by atoms with Crippen LogP contribution in [0.1, 0.15) is 64.4 Å². The maximum Gasteiger partial charge on any atom is 0.257 e. The Morgan fingerprint density at radius 3 is 2.23 bits per heavy atom. The molecule has 1 aromatic heterocycles. The minimum absolute atomic E-state index is 0.186. The minimum atomic E-state index is -1.25. The number of hydrogen-bond donors (Lipinski definition) is 4. The molecule has 1 atom stereocenters. The number of pyridine rings is 1. The molecule has 5 N–H and O–H groups in total. The lowest BCUT2D eigenvalue weighted by atomic mass is 10.00. The third-order valence-corrected chi connectivity index (χ3v) is 4.93. The van der Waals surface area contributed by atoms with Crippen LogP contribution in [-0.4, -0.2) is 41.5 Å². The van der Waals surface area contributed by atoms with Crippen molar-refractivity contribution in [2.24, 2.45) is 0 Å². The predicted molar refractivity (Wildman–Crippen MR) is 148 cm³/mol. The summed E-state index contributed by atoms with van der Waals surface area (Å²) >= 11 is 0. The summed E-state index contributed by atoms with van der Waals surface area (Å²) in [6.45, 7) is 15.6. The fourth-order valence-corrected chi connectivity index (χ4v) is 2.86. The predicted octanol–water partition coefficient (Wildman–Crippen LogP) is 5.30. The maximum absolute atomic E-state index is 12.4. The van der Waals surface area contributed by atoms with E-state index in [-0.39, 0.29) is 5.82 Å². The summed E-state index contributed by atoms with van der Waals surface area (Å²) in [5.74, 6) is -0.315. The van der Waals surface area contributed by atoms with Gasteiger partial charge in [-0.15, -0.1) is 0 Å². The molecule has 1 aromatic carbocycles. The lowest BCUT2D eigenvalue weighted by molar-refractivity contribution is -0.122. The van der Waals surface area contributed by atoms with Crippen molar-refractivity contribution in [3.8, 4) is 11.1 Å². The summed E-state index contributed by atoms with van der Waals surface area (Å²) in [7, 11) is 1.95. The van der Waals surface area contributed by atoms with E-state index in [1.165, 1.54) is 0 Å². The Bertz CT molecular complexity index is 1020. The zero-order chi connectivity index (χ0) is 27.1. The van der Waals surface area contributed by atoms with Crippen LogP contribution in [0.5, 0.6) is 0 Å². The number of nitrogens with two attached hydrogens (primary N) is 1. The standard InChI is InChI=1S/C22H25N3O3.C4H11N.C2H6/c1-5-6-18(13(2)3)20(27)22(28)25-17-7-8-19(14(4)9-17)15-10-16(12-26)21(23)24-11-15;1-4(2)5-3;1-2/h5-12,20,27H,1-4H3,(H2,23,24)(H,25,28);4-5H,1-3H3;1-2H3/b6-5-;;. The van der Waals surface area contributed by atoms with Crippen LogP contribution in [0.3, 0.4) is 0 Å². The van der Waals surface area contributed by atoms with E-state index in [0.717, 1.165) is 22.3 Å². The molecule has 0 saturated heterocycles. The van der Waals surface area contributed by atoms with E-state index in [0.29, 0.717) is 29.2 Å². The number of aliphatic hydroxyl groups is 1. The second-order valence-corrected chi connectivity index (χ2v) is 8.14. The summed E-state index contributed by atoms with van der Waals surface area (Å²) in [4.78, 5) is 27.6. The topological polar surface area (TPSA) is 117 Å². The van der Waals surface area contributed by atoms with Gasteiger partial charge in [-0.1, -0.05) is 51.5 Å². The van der Waals surface area contributed by atoms with E-state index in [4.69, 9.17) is 5.73 Å². The average Bonchev–Trinajstić information content (AvgIpc) is 2.84. The highest BCUT2D eigenvalue weighted by Gasteiger charge is 2.19. The van der Waals surface area contributed by atoms with Crippen molar-refractivity contribution >= 4 is 23.7 Å². The smallest absolute Gasteiger partial charge is 0.257 e. The number of aldehydes is 1. The van der Waals surface area contributed by atoms with Crippen molar-refractivity contribution in [3.05, 3.63) is 64.9 Å². The molecule has 2 rings (SSSR count). The first-order chi connectivity index (χ1) is 16.5. The van der Waals surface area contributed by atoms with Crippen LogP contribution in [-0.2, 0) is 4.79 Å². The number of carbonyl (C=O) groups is 2. The minimum Gasteiger partial charge on any atom is -0.383 e. The highest BCUT2D eigenvalue weighted by Crippen LogP contribution is 2.27. The van der Waals surface area contributed by atoms with Gasteiger partial charge in [0.15, 0.2) is 12.4 Å². The van der Waals surface area contributed by atoms with Crippen molar-refractivity contribution in [1.29, 1.82) is 0 Å². The number of aryl methyl sites for hydroxylation is 1. The molecule has 1 heterocycles. The van der Waals surface area contributed by atoms with Gasteiger partial charge in [-0.3, -0.25) is 9.59 Å². The fourth-order valence-electron chi connectivity index (χ4n) is 2.86. The van der Waals surface area contributed by atoms with Crippen LogP contribution >= 0.6 is 0 Å². The van der Waals surface area contributed by atoms with Gasteiger partial charge in [0.2, 0.25) is 0 Å². The summed E-state index contributed by atoms with van der Waals surface area (Å²) in [5.41, 5.74) is 10.5. The zero-order valence-electron chi connectivity index (χ0n) is 22.6. The van der Waals surface area contributed by atoms with Gasteiger partial charge in [-0.2, -0.15) is 0 Å². The number of carbonyl (C=O) groups excluding carboxylic acids is 2. The number of nitrogens with zero attached hydrogens (tertiary/aromatic N) is 1. The number of amides is 1. The lowest BCUT2D eigenvalue weighted by Gasteiger charge is -2.15. The monoisotopic (exact) mass is 482 g/mol. The van der Waals surface area contributed by atoms with Crippen LogP contribution in [0.15, 0.2) is 53.8 Å².